The Labute approximate surface area is 183 Å². The average Bonchev–Trinajstić information content (AvgIpc) is 3.03. The Morgan fingerprint density at radius 1 is 0.935 bits per heavy atom. The van der Waals surface area contributed by atoms with E-state index in [1.54, 1.807) is 6.07 Å². The first-order valence-electron chi connectivity index (χ1n) is 10.6. The maximum absolute atomic E-state index is 12.8. The van der Waals surface area contributed by atoms with E-state index in [0.29, 0.717) is 12.1 Å². The van der Waals surface area contributed by atoms with E-state index in [1.807, 2.05) is 79.4 Å². The lowest BCUT2D eigenvalue weighted by molar-refractivity contribution is 0.0743. The molecule has 2 N–H and O–H groups in total. The van der Waals surface area contributed by atoms with Crippen LogP contribution in [-0.4, -0.2) is 23.3 Å². The van der Waals surface area contributed by atoms with Gasteiger partial charge in [-0.1, -0.05) is 37.3 Å². The van der Waals surface area contributed by atoms with Crippen LogP contribution in [0.3, 0.4) is 0 Å². The Bertz CT molecular complexity index is 1140. The summed E-state index contributed by atoms with van der Waals surface area (Å²) in [7, 11) is 0. The molecule has 1 aliphatic rings. The zero-order chi connectivity index (χ0) is 22.0. The lowest BCUT2D eigenvalue weighted by Crippen LogP contribution is -2.33. The smallest absolute Gasteiger partial charge is 0.256 e. The molecule has 0 radical (unpaired) electrons. The second-order valence-electron chi connectivity index (χ2n) is 7.97. The molecule has 2 amide bonds. The summed E-state index contributed by atoms with van der Waals surface area (Å²) in [5.41, 5.74) is 6.14. The molecule has 1 heterocycles. The maximum atomic E-state index is 12.8. The van der Waals surface area contributed by atoms with Gasteiger partial charge in [-0.2, -0.15) is 0 Å². The molecule has 1 aliphatic heterocycles. The first kappa shape index (κ1) is 20.7. The molecule has 0 spiro atoms. The highest BCUT2D eigenvalue weighted by Crippen LogP contribution is 2.34. The molecule has 0 unspecified atom stereocenters. The highest BCUT2D eigenvalue weighted by molar-refractivity contribution is 6.05. The standard InChI is InChI=1S/C26H27N3O2/c1-4-14-29-24(22-10-5-6-11-23(22)26(29)31)27-20-9-7-8-19(16-20)25(30)28-21-13-12-17(2)18(3)15-21/h5-13,15-16,24,27H,4,14H2,1-3H3,(H,28,30)/t24-/m0/s1. The molecule has 0 saturated carbocycles. The second-order valence-corrected chi connectivity index (χ2v) is 7.97. The molecule has 3 aromatic rings. The van der Waals surface area contributed by atoms with Crippen LogP contribution in [0.25, 0.3) is 0 Å². The molecule has 1 atom stereocenters. The van der Waals surface area contributed by atoms with Crippen LogP contribution in [0, 0.1) is 13.8 Å². The van der Waals surface area contributed by atoms with E-state index < -0.39 is 0 Å². The molecule has 0 aromatic heterocycles. The monoisotopic (exact) mass is 413 g/mol. The molecule has 5 nitrogen and oxygen atoms in total. The molecule has 0 saturated heterocycles. The van der Waals surface area contributed by atoms with Gasteiger partial charge in [-0.25, -0.2) is 0 Å². The molecule has 31 heavy (non-hydrogen) atoms. The first-order valence-corrected chi connectivity index (χ1v) is 10.6. The normalized spacial score (nSPS) is 15.0. The van der Waals surface area contributed by atoms with Crippen LogP contribution in [-0.2, 0) is 0 Å². The molecule has 0 aliphatic carbocycles. The Morgan fingerprint density at radius 3 is 2.52 bits per heavy atom. The van der Waals surface area contributed by atoms with E-state index in [0.717, 1.165) is 34.5 Å². The van der Waals surface area contributed by atoms with Crippen molar-refractivity contribution >= 4 is 23.2 Å². The minimum atomic E-state index is -0.248. The molecule has 0 fully saturated rings. The van der Waals surface area contributed by atoms with E-state index in [9.17, 15) is 9.59 Å². The number of nitrogens with one attached hydrogen (secondary N) is 2. The second kappa shape index (κ2) is 8.64. The summed E-state index contributed by atoms with van der Waals surface area (Å²) < 4.78 is 0. The van der Waals surface area contributed by atoms with Crippen molar-refractivity contribution in [1.29, 1.82) is 0 Å². The number of carbonyl (C=O) groups excluding carboxylic acids is 2. The molecule has 158 valence electrons. The third-order valence-corrected chi connectivity index (χ3v) is 5.72. The Morgan fingerprint density at radius 2 is 1.74 bits per heavy atom. The molecule has 0 bridgehead atoms. The van der Waals surface area contributed by atoms with Gasteiger partial charge in [0.25, 0.3) is 11.8 Å². The van der Waals surface area contributed by atoms with Crippen molar-refractivity contribution < 1.29 is 9.59 Å². The Hall–Kier alpha value is -3.60. The predicted octanol–water partition coefficient (Wildman–Crippen LogP) is 5.53. The van der Waals surface area contributed by atoms with E-state index in [1.165, 1.54) is 5.56 Å². The number of carbonyl (C=O) groups is 2. The molecule has 5 heteroatoms. The molecular formula is C26H27N3O2. The number of rotatable bonds is 6. The van der Waals surface area contributed by atoms with Crippen LogP contribution in [0.1, 0.15) is 56.9 Å². The van der Waals surface area contributed by atoms with Gasteiger partial charge in [0.1, 0.15) is 6.17 Å². The Kier molecular flexibility index (Phi) is 5.76. The molecular weight excluding hydrogens is 386 g/mol. The van der Waals surface area contributed by atoms with E-state index >= 15 is 0 Å². The fourth-order valence-corrected chi connectivity index (χ4v) is 3.93. The summed E-state index contributed by atoms with van der Waals surface area (Å²) in [5, 5.41) is 6.43. The average molecular weight is 414 g/mol. The number of fused-ring (bicyclic) bond motifs is 1. The topological polar surface area (TPSA) is 61.4 Å². The van der Waals surface area contributed by atoms with Gasteiger partial charge in [-0.3, -0.25) is 9.59 Å². The lowest BCUT2D eigenvalue weighted by Gasteiger charge is -2.27. The lowest BCUT2D eigenvalue weighted by atomic mass is 10.1. The van der Waals surface area contributed by atoms with Gasteiger partial charge in [0.05, 0.1) is 0 Å². The number of hydrogen-bond donors (Lipinski definition) is 2. The first-order chi connectivity index (χ1) is 15.0. The van der Waals surface area contributed by atoms with Gasteiger partial charge in [-0.15, -0.1) is 0 Å². The number of amides is 2. The van der Waals surface area contributed by atoms with Crippen molar-refractivity contribution in [3.8, 4) is 0 Å². The summed E-state index contributed by atoms with van der Waals surface area (Å²) in [4.78, 5) is 27.5. The van der Waals surface area contributed by atoms with E-state index in [4.69, 9.17) is 0 Å². The number of anilines is 2. The van der Waals surface area contributed by atoms with Gasteiger partial charge >= 0.3 is 0 Å². The number of hydrogen-bond acceptors (Lipinski definition) is 3. The summed E-state index contributed by atoms with van der Waals surface area (Å²) in [6, 6.07) is 21.0. The zero-order valence-corrected chi connectivity index (χ0v) is 18.1. The summed E-state index contributed by atoms with van der Waals surface area (Å²) >= 11 is 0. The Balaban J connectivity index is 1.56. The van der Waals surface area contributed by atoms with E-state index in [-0.39, 0.29) is 18.0 Å². The minimum absolute atomic E-state index is 0.0404. The fourth-order valence-electron chi connectivity index (χ4n) is 3.93. The summed E-state index contributed by atoms with van der Waals surface area (Å²) in [6.07, 6.45) is 0.623. The van der Waals surface area contributed by atoms with Crippen LogP contribution in [0.2, 0.25) is 0 Å². The van der Waals surface area contributed by atoms with Gasteiger partial charge in [-0.05, 0) is 67.8 Å². The highest BCUT2D eigenvalue weighted by Gasteiger charge is 2.35. The molecule has 4 rings (SSSR count). The van der Waals surface area contributed by atoms with Crippen molar-refractivity contribution in [2.75, 3.05) is 17.2 Å². The summed E-state index contributed by atoms with van der Waals surface area (Å²) in [6.45, 7) is 6.80. The van der Waals surface area contributed by atoms with Crippen LogP contribution in [0.5, 0.6) is 0 Å². The van der Waals surface area contributed by atoms with Crippen LogP contribution in [0.4, 0.5) is 11.4 Å². The third kappa shape index (κ3) is 4.17. The van der Waals surface area contributed by atoms with Gasteiger partial charge < -0.3 is 15.5 Å². The fraction of sp³-hybridized carbons (Fsp3) is 0.231. The van der Waals surface area contributed by atoms with Crippen molar-refractivity contribution in [3.63, 3.8) is 0 Å². The number of nitrogens with zero attached hydrogens (tertiary/aromatic N) is 1. The minimum Gasteiger partial charge on any atom is -0.361 e. The van der Waals surface area contributed by atoms with Gasteiger partial charge in [0.15, 0.2) is 0 Å². The van der Waals surface area contributed by atoms with Crippen LogP contribution in [0.15, 0.2) is 66.7 Å². The zero-order valence-electron chi connectivity index (χ0n) is 18.1. The summed E-state index contributed by atoms with van der Waals surface area (Å²) in [5.74, 6) is -0.126. The maximum Gasteiger partial charge on any atom is 0.256 e. The third-order valence-electron chi connectivity index (χ3n) is 5.72. The number of benzene rings is 3. The van der Waals surface area contributed by atoms with Crippen molar-refractivity contribution in [1.82, 2.24) is 4.90 Å². The van der Waals surface area contributed by atoms with Gasteiger partial charge in [0, 0.05) is 34.6 Å². The van der Waals surface area contributed by atoms with Crippen LogP contribution < -0.4 is 10.6 Å². The largest absolute Gasteiger partial charge is 0.361 e. The predicted molar refractivity (Wildman–Crippen MR) is 124 cm³/mol. The van der Waals surface area contributed by atoms with Crippen LogP contribution >= 0.6 is 0 Å². The molecule has 3 aromatic carbocycles. The van der Waals surface area contributed by atoms with E-state index in [2.05, 4.69) is 17.6 Å². The quantitative estimate of drug-likeness (QED) is 0.558. The van der Waals surface area contributed by atoms with Crippen molar-refractivity contribution in [2.45, 2.75) is 33.4 Å². The van der Waals surface area contributed by atoms with Crippen molar-refractivity contribution in [3.05, 3.63) is 94.5 Å². The highest BCUT2D eigenvalue weighted by atomic mass is 16.2. The number of aryl methyl sites for hydroxylation is 2. The SMILES string of the molecule is CCCN1C(=O)c2ccccc2[C@H]1Nc1cccc(C(=O)Nc2ccc(C)c(C)c2)c1. The van der Waals surface area contributed by atoms with Gasteiger partial charge in [0.2, 0.25) is 0 Å². The van der Waals surface area contributed by atoms with Crippen molar-refractivity contribution in [2.24, 2.45) is 0 Å².